The SMILES string of the molecule is CC1C=C2C=C3[C@@H](O)[C@H](O)[C@@H](N(C)C)C[C@]34CC[C@]2(O4)C2CC=C(c3ccc4ncncc4c3)[C@@]12C. The fraction of sp³-hybridized carbons (Fsp3) is 0.533. The molecule has 0 radical (unpaired) electrons. The molecule has 8 atom stereocenters. The summed E-state index contributed by atoms with van der Waals surface area (Å²) in [4.78, 5) is 10.7. The summed E-state index contributed by atoms with van der Waals surface area (Å²) in [6.07, 6.45) is 12.3. The van der Waals surface area contributed by atoms with E-state index in [1.165, 1.54) is 16.7 Å². The van der Waals surface area contributed by atoms with Gasteiger partial charge in [-0.3, -0.25) is 0 Å². The van der Waals surface area contributed by atoms with Crippen LogP contribution in [-0.4, -0.2) is 68.6 Å². The van der Waals surface area contributed by atoms with Crippen LogP contribution < -0.4 is 0 Å². The lowest BCUT2D eigenvalue weighted by atomic mass is 9.54. The number of aromatic nitrogens is 2. The van der Waals surface area contributed by atoms with Crippen LogP contribution >= 0.6 is 0 Å². The molecule has 2 N–H and O–H groups in total. The molecule has 3 heterocycles. The topological polar surface area (TPSA) is 78.7 Å². The lowest BCUT2D eigenvalue weighted by molar-refractivity contribution is -0.165. The molecule has 2 fully saturated rings. The second kappa shape index (κ2) is 7.35. The summed E-state index contributed by atoms with van der Waals surface area (Å²) < 4.78 is 7.27. The molecule has 1 saturated heterocycles. The molecule has 5 aliphatic rings. The molecule has 6 nitrogen and oxygen atoms in total. The molecule has 2 unspecified atom stereocenters. The third kappa shape index (κ3) is 2.71. The van der Waals surface area contributed by atoms with Crippen LogP contribution in [0.25, 0.3) is 16.5 Å². The third-order valence-electron chi connectivity index (χ3n) is 10.5. The summed E-state index contributed by atoms with van der Waals surface area (Å²) in [7, 11) is 3.96. The zero-order valence-electron chi connectivity index (χ0n) is 21.5. The molecule has 0 amide bonds. The molecule has 1 saturated carbocycles. The predicted molar refractivity (Wildman–Crippen MR) is 139 cm³/mol. The van der Waals surface area contributed by atoms with E-state index in [0.29, 0.717) is 18.3 Å². The third-order valence-corrected chi connectivity index (χ3v) is 10.5. The molecule has 2 bridgehead atoms. The smallest absolute Gasteiger partial charge is 0.116 e. The minimum Gasteiger partial charge on any atom is -0.388 e. The van der Waals surface area contributed by atoms with Crippen molar-refractivity contribution in [3.63, 3.8) is 0 Å². The van der Waals surface area contributed by atoms with Crippen LogP contribution in [0.4, 0.5) is 0 Å². The Morgan fingerprint density at radius 1 is 1.17 bits per heavy atom. The van der Waals surface area contributed by atoms with Gasteiger partial charge in [0, 0.05) is 29.0 Å². The second-order valence-corrected chi connectivity index (χ2v) is 12.2. The van der Waals surface area contributed by atoms with Crippen molar-refractivity contribution in [1.82, 2.24) is 14.9 Å². The van der Waals surface area contributed by atoms with Gasteiger partial charge in [0.05, 0.1) is 22.8 Å². The van der Waals surface area contributed by atoms with Gasteiger partial charge in [0.1, 0.15) is 12.4 Å². The molecular formula is C30H35N3O3. The van der Waals surface area contributed by atoms with Crippen molar-refractivity contribution >= 4 is 16.5 Å². The van der Waals surface area contributed by atoms with Crippen molar-refractivity contribution in [2.24, 2.45) is 17.3 Å². The van der Waals surface area contributed by atoms with E-state index in [9.17, 15) is 10.2 Å². The van der Waals surface area contributed by atoms with Gasteiger partial charge in [0.15, 0.2) is 0 Å². The fourth-order valence-electron chi connectivity index (χ4n) is 8.41. The molecule has 3 aliphatic carbocycles. The van der Waals surface area contributed by atoms with Gasteiger partial charge >= 0.3 is 0 Å². The summed E-state index contributed by atoms with van der Waals surface area (Å²) in [6, 6.07) is 6.40. The Balaban J connectivity index is 1.33. The Hall–Kier alpha value is -2.38. The zero-order valence-corrected chi connectivity index (χ0v) is 21.5. The molecule has 2 spiro atoms. The van der Waals surface area contributed by atoms with Gasteiger partial charge in [-0.1, -0.05) is 38.1 Å². The van der Waals surface area contributed by atoms with Gasteiger partial charge in [0.25, 0.3) is 0 Å². The average molecular weight is 486 g/mol. The first kappa shape index (κ1) is 22.8. The lowest BCUT2D eigenvalue weighted by Gasteiger charge is -2.57. The standard InChI is InChI=1S/C30H35N3O3/c1-17-11-20-13-22-26(34)27(35)24(33(3)4)14-29(22)9-10-30(20,36-29)25-8-6-21(28(17,25)2)18-5-7-23-19(12-18)15-31-16-32-23/h5-7,11-13,15-17,24-27,34-35H,8-10,14H2,1-4H3/t17?,24-,25?,26+,27+,28+,29+,30+/m0/s1. The van der Waals surface area contributed by atoms with Crippen molar-refractivity contribution in [1.29, 1.82) is 0 Å². The maximum absolute atomic E-state index is 11.2. The zero-order chi connectivity index (χ0) is 25.0. The molecular weight excluding hydrogens is 450 g/mol. The van der Waals surface area contributed by atoms with Crippen LogP contribution in [0, 0.1) is 17.3 Å². The fourth-order valence-corrected chi connectivity index (χ4v) is 8.41. The normalized spacial score (nSPS) is 43.0. The molecule has 2 aromatic rings. The highest BCUT2D eigenvalue weighted by Gasteiger charge is 2.68. The predicted octanol–water partition coefficient (Wildman–Crippen LogP) is 3.90. The van der Waals surface area contributed by atoms with Crippen LogP contribution in [0.2, 0.25) is 0 Å². The first-order valence-electron chi connectivity index (χ1n) is 13.3. The van der Waals surface area contributed by atoms with E-state index in [-0.39, 0.29) is 17.1 Å². The van der Waals surface area contributed by atoms with E-state index in [2.05, 4.69) is 60.2 Å². The summed E-state index contributed by atoms with van der Waals surface area (Å²) >= 11 is 0. The van der Waals surface area contributed by atoms with Gasteiger partial charge < -0.3 is 19.8 Å². The quantitative estimate of drug-likeness (QED) is 0.672. The van der Waals surface area contributed by atoms with Crippen LogP contribution in [-0.2, 0) is 4.74 Å². The van der Waals surface area contributed by atoms with Crippen molar-refractivity contribution in [2.45, 2.75) is 69.0 Å². The van der Waals surface area contributed by atoms with E-state index in [1.807, 2.05) is 25.2 Å². The van der Waals surface area contributed by atoms with Crippen molar-refractivity contribution in [3.05, 3.63) is 65.7 Å². The van der Waals surface area contributed by atoms with Crippen molar-refractivity contribution in [2.75, 3.05) is 14.1 Å². The van der Waals surface area contributed by atoms with Crippen LogP contribution in [0.3, 0.4) is 0 Å². The van der Waals surface area contributed by atoms with E-state index < -0.39 is 17.8 Å². The average Bonchev–Trinajstić information content (AvgIpc) is 3.39. The number of fused-ring (bicyclic) bond motifs is 2. The Morgan fingerprint density at radius 2 is 2.00 bits per heavy atom. The number of likely N-dealkylation sites (N-methyl/N-ethyl adjacent to an activating group) is 1. The highest BCUT2D eigenvalue weighted by atomic mass is 16.5. The van der Waals surface area contributed by atoms with E-state index in [4.69, 9.17) is 4.74 Å². The van der Waals surface area contributed by atoms with Crippen LogP contribution in [0.5, 0.6) is 0 Å². The number of ether oxygens (including phenoxy) is 1. The molecule has 7 rings (SSSR count). The molecule has 36 heavy (non-hydrogen) atoms. The largest absolute Gasteiger partial charge is 0.388 e. The van der Waals surface area contributed by atoms with Crippen LogP contribution in [0.15, 0.2) is 60.1 Å². The lowest BCUT2D eigenvalue weighted by Crippen LogP contribution is -2.62. The Morgan fingerprint density at radius 3 is 2.81 bits per heavy atom. The highest BCUT2D eigenvalue weighted by molar-refractivity contribution is 5.85. The van der Waals surface area contributed by atoms with E-state index >= 15 is 0 Å². The first-order valence-corrected chi connectivity index (χ1v) is 13.3. The number of benzene rings is 1. The Labute approximate surface area is 212 Å². The molecule has 2 aliphatic heterocycles. The van der Waals surface area contributed by atoms with Gasteiger partial charge in [-0.2, -0.15) is 0 Å². The number of nitrogens with zero attached hydrogens (tertiary/aromatic N) is 3. The van der Waals surface area contributed by atoms with Gasteiger partial charge in [0.2, 0.25) is 0 Å². The Kier molecular flexibility index (Phi) is 4.65. The van der Waals surface area contributed by atoms with Crippen molar-refractivity contribution in [3.8, 4) is 0 Å². The molecule has 6 heteroatoms. The van der Waals surface area contributed by atoms with E-state index in [1.54, 1.807) is 6.33 Å². The Bertz CT molecular complexity index is 1360. The molecule has 1 aromatic heterocycles. The number of allylic oxidation sites excluding steroid dienone is 3. The number of rotatable bonds is 2. The van der Waals surface area contributed by atoms with Gasteiger partial charge in [-0.05, 0) is 80.1 Å². The monoisotopic (exact) mass is 485 g/mol. The minimum absolute atomic E-state index is 0.0720. The summed E-state index contributed by atoms with van der Waals surface area (Å²) in [5.41, 5.74) is 4.74. The second-order valence-electron chi connectivity index (χ2n) is 12.2. The minimum atomic E-state index is -0.899. The molecule has 188 valence electrons. The summed E-state index contributed by atoms with van der Waals surface area (Å²) in [5.74, 6) is 0.616. The number of hydrogen-bond donors (Lipinski definition) is 2. The number of hydrogen-bond acceptors (Lipinski definition) is 6. The first-order chi connectivity index (χ1) is 17.2. The van der Waals surface area contributed by atoms with Crippen molar-refractivity contribution < 1.29 is 14.9 Å². The maximum atomic E-state index is 11.2. The van der Waals surface area contributed by atoms with E-state index in [0.717, 1.165) is 35.7 Å². The summed E-state index contributed by atoms with van der Waals surface area (Å²) in [5, 5.41) is 23.2. The molecule has 1 aromatic carbocycles. The van der Waals surface area contributed by atoms with Crippen LogP contribution in [0.1, 0.15) is 45.1 Å². The number of aliphatic hydroxyl groups excluding tert-OH is 2. The van der Waals surface area contributed by atoms with Gasteiger partial charge in [-0.15, -0.1) is 0 Å². The maximum Gasteiger partial charge on any atom is 0.116 e. The summed E-state index contributed by atoms with van der Waals surface area (Å²) in [6.45, 7) is 4.74. The van der Waals surface area contributed by atoms with Gasteiger partial charge in [-0.25, -0.2) is 9.97 Å². The highest BCUT2D eigenvalue weighted by Crippen LogP contribution is 2.69. The number of aliphatic hydroxyl groups is 2.